The normalized spacial score (nSPS) is 20.8. The average molecular weight is 286 g/mol. The summed E-state index contributed by atoms with van der Waals surface area (Å²) in [5.41, 5.74) is 3.77. The number of hydrogen-bond donors (Lipinski definition) is 1. The van der Waals surface area contributed by atoms with E-state index >= 15 is 0 Å². The van der Waals surface area contributed by atoms with Crippen LogP contribution >= 0.6 is 0 Å². The van der Waals surface area contributed by atoms with E-state index in [0.717, 1.165) is 44.6 Å². The first-order valence-electron chi connectivity index (χ1n) is 8.40. The van der Waals surface area contributed by atoms with Gasteiger partial charge in [0, 0.05) is 31.7 Å². The SMILES string of the molecule is CCC(C(=O)c1ccc2c(c1)CCCC2)N1CCNCC1. The van der Waals surface area contributed by atoms with E-state index in [-0.39, 0.29) is 6.04 Å². The third-order valence-corrected chi connectivity index (χ3v) is 4.91. The highest BCUT2D eigenvalue weighted by Gasteiger charge is 2.26. The summed E-state index contributed by atoms with van der Waals surface area (Å²) in [6, 6.07) is 6.46. The molecule has 21 heavy (non-hydrogen) atoms. The molecule has 0 spiro atoms. The summed E-state index contributed by atoms with van der Waals surface area (Å²) < 4.78 is 0. The number of nitrogens with zero attached hydrogens (tertiary/aromatic N) is 1. The molecule has 1 aromatic rings. The van der Waals surface area contributed by atoms with E-state index in [1.807, 2.05) is 0 Å². The summed E-state index contributed by atoms with van der Waals surface area (Å²) in [7, 11) is 0. The van der Waals surface area contributed by atoms with Crippen molar-refractivity contribution in [3.05, 3.63) is 34.9 Å². The van der Waals surface area contributed by atoms with Crippen molar-refractivity contribution < 1.29 is 4.79 Å². The van der Waals surface area contributed by atoms with Crippen molar-refractivity contribution in [2.75, 3.05) is 26.2 Å². The minimum Gasteiger partial charge on any atom is -0.314 e. The molecule has 1 aliphatic heterocycles. The summed E-state index contributed by atoms with van der Waals surface area (Å²) >= 11 is 0. The average Bonchev–Trinajstić information content (AvgIpc) is 2.56. The minimum absolute atomic E-state index is 0.0498. The van der Waals surface area contributed by atoms with Gasteiger partial charge in [0.15, 0.2) is 5.78 Å². The number of benzene rings is 1. The highest BCUT2D eigenvalue weighted by Crippen LogP contribution is 2.23. The summed E-state index contributed by atoms with van der Waals surface area (Å²) in [6.45, 7) is 6.08. The number of nitrogens with one attached hydrogen (secondary N) is 1. The van der Waals surface area contributed by atoms with Crippen LogP contribution in [-0.2, 0) is 12.8 Å². The van der Waals surface area contributed by atoms with E-state index in [0.29, 0.717) is 5.78 Å². The van der Waals surface area contributed by atoms with Crippen molar-refractivity contribution in [2.24, 2.45) is 0 Å². The van der Waals surface area contributed by atoms with Gasteiger partial charge in [-0.3, -0.25) is 9.69 Å². The molecular weight excluding hydrogens is 260 g/mol. The summed E-state index contributed by atoms with van der Waals surface area (Å²) in [5.74, 6) is 0.313. The zero-order valence-corrected chi connectivity index (χ0v) is 13.0. The monoisotopic (exact) mass is 286 g/mol. The molecule has 0 amide bonds. The maximum absolute atomic E-state index is 12.9. The van der Waals surface area contributed by atoms with E-state index in [9.17, 15) is 4.79 Å². The molecule has 1 heterocycles. The fourth-order valence-electron chi connectivity index (χ4n) is 3.68. The Hall–Kier alpha value is -1.19. The molecule has 2 aliphatic rings. The van der Waals surface area contributed by atoms with Crippen LogP contribution in [0.4, 0.5) is 0 Å². The Labute approximate surface area is 127 Å². The van der Waals surface area contributed by atoms with Gasteiger partial charge in [0.25, 0.3) is 0 Å². The first kappa shape index (κ1) is 14.7. The Morgan fingerprint density at radius 3 is 2.62 bits per heavy atom. The molecule has 1 atom stereocenters. The van der Waals surface area contributed by atoms with Crippen molar-refractivity contribution in [3.63, 3.8) is 0 Å². The van der Waals surface area contributed by atoms with Crippen LogP contribution in [0.5, 0.6) is 0 Å². The second-order valence-corrected chi connectivity index (χ2v) is 6.26. The van der Waals surface area contributed by atoms with E-state index in [4.69, 9.17) is 0 Å². The van der Waals surface area contributed by atoms with Gasteiger partial charge in [0.2, 0.25) is 0 Å². The van der Waals surface area contributed by atoms with Crippen molar-refractivity contribution in [1.82, 2.24) is 10.2 Å². The van der Waals surface area contributed by atoms with Gasteiger partial charge in [-0.2, -0.15) is 0 Å². The Morgan fingerprint density at radius 1 is 1.19 bits per heavy atom. The molecule has 114 valence electrons. The van der Waals surface area contributed by atoms with Crippen LogP contribution < -0.4 is 5.32 Å². The quantitative estimate of drug-likeness (QED) is 0.863. The molecule has 1 N–H and O–H groups in total. The predicted octanol–water partition coefficient (Wildman–Crippen LogP) is 2.43. The van der Waals surface area contributed by atoms with Crippen molar-refractivity contribution in [3.8, 4) is 0 Å². The summed E-state index contributed by atoms with van der Waals surface area (Å²) in [5, 5.41) is 3.36. The lowest BCUT2D eigenvalue weighted by Crippen LogP contribution is -2.51. The van der Waals surface area contributed by atoms with Gasteiger partial charge in [0.1, 0.15) is 0 Å². The Kier molecular flexibility index (Phi) is 4.71. The van der Waals surface area contributed by atoms with Gasteiger partial charge < -0.3 is 5.32 Å². The molecule has 0 aromatic heterocycles. The van der Waals surface area contributed by atoms with Crippen LogP contribution in [0.25, 0.3) is 0 Å². The van der Waals surface area contributed by atoms with Gasteiger partial charge in [-0.05, 0) is 49.3 Å². The zero-order chi connectivity index (χ0) is 14.7. The number of rotatable bonds is 4. The first-order valence-corrected chi connectivity index (χ1v) is 8.40. The number of hydrogen-bond acceptors (Lipinski definition) is 3. The topological polar surface area (TPSA) is 32.3 Å². The molecule has 1 fully saturated rings. The number of aryl methyl sites for hydroxylation is 2. The number of Topliss-reactive ketones (excluding diaryl/α,β-unsaturated/α-hetero) is 1. The fraction of sp³-hybridized carbons (Fsp3) is 0.611. The van der Waals surface area contributed by atoms with Gasteiger partial charge in [-0.15, -0.1) is 0 Å². The third kappa shape index (κ3) is 3.19. The summed E-state index contributed by atoms with van der Waals surface area (Å²) in [4.78, 5) is 15.2. The van der Waals surface area contributed by atoms with Crippen LogP contribution in [0.3, 0.4) is 0 Å². The number of carbonyl (C=O) groups excluding carboxylic acids is 1. The van der Waals surface area contributed by atoms with E-state index in [1.54, 1.807) is 0 Å². The third-order valence-electron chi connectivity index (χ3n) is 4.91. The minimum atomic E-state index is 0.0498. The van der Waals surface area contributed by atoms with E-state index in [2.05, 4.69) is 35.3 Å². The van der Waals surface area contributed by atoms with Crippen molar-refractivity contribution in [2.45, 2.75) is 45.1 Å². The summed E-state index contributed by atoms with van der Waals surface area (Å²) in [6.07, 6.45) is 5.77. The number of carbonyl (C=O) groups is 1. The van der Waals surface area contributed by atoms with Crippen LogP contribution in [0.2, 0.25) is 0 Å². The van der Waals surface area contributed by atoms with Gasteiger partial charge in [0.05, 0.1) is 6.04 Å². The number of piperazine rings is 1. The second kappa shape index (κ2) is 6.71. The molecule has 1 saturated heterocycles. The maximum atomic E-state index is 12.9. The molecule has 3 heteroatoms. The molecule has 1 unspecified atom stereocenters. The molecule has 0 saturated carbocycles. The zero-order valence-electron chi connectivity index (χ0n) is 13.0. The largest absolute Gasteiger partial charge is 0.314 e. The number of ketones is 1. The van der Waals surface area contributed by atoms with Crippen LogP contribution in [0.1, 0.15) is 47.7 Å². The maximum Gasteiger partial charge on any atom is 0.179 e. The molecule has 1 aliphatic carbocycles. The van der Waals surface area contributed by atoms with Crippen LogP contribution in [0, 0.1) is 0 Å². The van der Waals surface area contributed by atoms with E-state index < -0.39 is 0 Å². The second-order valence-electron chi connectivity index (χ2n) is 6.26. The standard InChI is InChI=1S/C18H26N2O/c1-2-17(20-11-9-19-10-12-20)18(21)16-8-7-14-5-3-4-6-15(14)13-16/h7-8,13,17,19H,2-6,9-12H2,1H3. The Morgan fingerprint density at radius 2 is 1.90 bits per heavy atom. The highest BCUT2D eigenvalue weighted by molar-refractivity contribution is 6.00. The Bertz CT molecular complexity index is 506. The molecular formula is C18H26N2O. The van der Waals surface area contributed by atoms with Crippen molar-refractivity contribution in [1.29, 1.82) is 0 Å². The smallest absolute Gasteiger partial charge is 0.179 e. The highest BCUT2D eigenvalue weighted by atomic mass is 16.1. The lowest BCUT2D eigenvalue weighted by Gasteiger charge is -2.33. The number of fused-ring (bicyclic) bond motifs is 1. The fourth-order valence-corrected chi connectivity index (χ4v) is 3.68. The predicted molar refractivity (Wildman–Crippen MR) is 85.9 cm³/mol. The van der Waals surface area contributed by atoms with Crippen molar-refractivity contribution >= 4 is 5.78 Å². The van der Waals surface area contributed by atoms with Gasteiger partial charge in [-0.1, -0.05) is 19.1 Å². The lowest BCUT2D eigenvalue weighted by atomic mass is 9.88. The van der Waals surface area contributed by atoms with E-state index in [1.165, 1.54) is 30.4 Å². The van der Waals surface area contributed by atoms with Crippen LogP contribution in [0.15, 0.2) is 18.2 Å². The molecule has 3 nitrogen and oxygen atoms in total. The van der Waals surface area contributed by atoms with Gasteiger partial charge in [-0.25, -0.2) is 0 Å². The van der Waals surface area contributed by atoms with Crippen LogP contribution in [-0.4, -0.2) is 42.9 Å². The molecule has 0 radical (unpaired) electrons. The lowest BCUT2D eigenvalue weighted by molar-refractivity contribution is 0.0790. The first-order chi connectivity index (χ1) is 10.3. The molecule has 3 rings (SSSR count). The molecule has 1 aromatic carbocycles. The van der Waals surface area contributed by atoms with Gasteiger partial charge >= 0.3 is 0 Å². The Balaban J connectivity index is 1.79. The molecule has 0 bridgehead atoms.